The first-order valence-corrected chi connectivity index (χ1v) is 5.08. The molecule has 0 bridgehead atoms. The lowest BCUT2D eigenvalue weighted by Gasteiger charge is -2.05. The smallest absolute Gasteiger partial charge is 0.276 e. The van der Waals surface area contributed by atoms with Gasteiger partial charge in [0.1, 0.15) is 0 Å². The second-order valence-electron chi connectivity index (χ2n) is 2.96. The van der Waals surface area contributed by atoms with Crippen LogP contribution < -0.4 is 5.73 Å². The summed E-state index contributed by atoms with van der Waals surface area (Å²) in [5, 5.41) is 8.36. The van der Waals surface area contributed by atoms with Crippen LogP contribution >= 0.6 is 11.8 Å². The summed E-state index contributed by atoms with van der Waals surface area (Å²) in [7, 11) is 0. The molecule has 1 aromatic rings. The van der Waals surface area contributed by atoms with Gasteiger partial charge in [0.05, 0.1) is 0 Å². The molecule has 0 saturated heterocycles. The Labute approximate surface area is 75.9 Å². The van der Waals surface area contributed by atoms with Gasteiger partial charge in [-0.2, -0.15) is 0 Å². The summed E-state index contributed by atoms with van der Waals surface area (Å²) in [6.07, 6.45) is 1.91. The first kappa shape index (κ1) is 9.54. The van der Waals surface area contributed by atoms with Crippen LogP contribution in [0.4, 0.5) is 0 Å². The van der Waals surface area contributed by atoms with Crippen molar-refractivity contribution in [1.29, 1.82) is 0 Å². The van der Waals surface area contributed by atoms with Crippen LogP contribution in [0.25, 0.3) is 0 Å². The lowest BCUT2D eigenvalue weighted by molar-refractivity contribution is -0.443. The van der Waals surface area contributed by atoms with E-state index in [1.54, 1.807) is 0 Å². The van der Waals surface area contributed by atoms with Gasteiger partial charge in [-0.3, -0.25) is 0 Å². The van der Waals surface area contributed by atoms with Gasteiger partial charge in [-0.15, -0.1) is 10.2 Å². The van der Waals surface area contributed by atoms with Gasteiger partial charge < -0.3 is 10.2 Å². The van der Waals surface area contributed by atoms with E-state index < -0.39 is 0 Å². The minimum atomic E-state index is 0.0957. The van der Waals surface area contributed by atoms with E-state index in [0.29, 0.717) is 17.0 Å². The van der Waals surface area contributed by atoms with Gasteiger partial charge in [-0.1, -0.05) is 25.6 Å². The standard InChI is InChI=1S/C7H13N3OS/c1-4(2)5(8)6-9-10-7(11-6)12-3/h4-5H,8H2,1-3H3/p+1/t5-/m0/s1. The summed E-state index contributed by atoms with van der Waals surface area (Å²) < 4.78 is 5.33. The molecular weight excluding hydrogens is 174 g/mol. The molecule has 12 heavy (non-hydrogen) atoms. The average molecular weight is 188 g/mol. The van der Waals surface area contributed by atoms with Gasteiger partial charge >= 0.3 is 0 Å². The van der Waals surface area contributed by atoms with Gasteiger partial charge in [0, 0.05) is 5.92 Å². The number of hydrogen-bond acceptors (Lipinski definition) is 4. The normalized spacial score (nSPS) is 13.8. The van der Waals surface area contributed by atoms with Crippen molar-refractivity contribution in [2.75, 3.05) is 6.26 Å². The number of rotatable bonds is 3. The minimum Gasteiger partial charge on any atom is -0.410 e. The van der Waals surface area contributed by atoms with E-state index in [0.717, 1.165) is 0 Å². The highest BCUT2D eigenvalue weighted by Crippen LogP contribution is 2.19. The Bertz CT molecular complexity index is 249. The topological polar surface area (TPSA) is 66.6 Å². The predicted octanol–water partition coefficient (Wildman–Crippen LogP) is 0.730. The molecule has 5 heteroatoms. The zero-order valence-electron chi connectivity index (χ0n) is 7.57. The van der Waals surface area contributed by atoms with Crippen LogP contribution in [0, 0.1) is 5.92 Å². The number of quaternary nitrogens is 1. The van der Waals surface area contributed by atoms with Crippen molar-refractivity contribution in [2.45, 2.75) is 25.1 Å². The number of hydrogen-bond donors (Lipinski definition) is 1. The van der Waals surface area contributed by atoms with E-state index in [-0.39, 0.29) is 6.04 Å². The average Bonchev–Trinajstić information content (AvgIpc) is 2.50. The van der Waals surface area contributed by atoms with Crippen LogP contribution in [0.3, 0.4) is 0 Å². The molecule has 0 fully saturated rings. The highest BCUT2D eigenvalue weighted by atomic mass is 32.2. The fourth-order valence-corrected chi connectivity index (χ4v) is 1.03. The molecular formula is C7H14N3OS+. The maximum absolute atomic E-state index is 5.33. The van der Waals surface area contributed by atoms with Crippen molar-refractivity contribution >= 4 is 11.8 Å². The van der Waals surface area contributed by atoms with Crippen LogP contribution in [0.2, 0.25) is 0 Å². The van der Waals surface area contributed by atoms with Gasteiger partial charge in [-0.05, 0) is 6.26 Å². The highest BCUT2D eigenvalue weighted by Gasteiger charge is 2.20. The monoisotopic (exact) mass is 188 g/mol. The molecule has 0 aliphatic heterocycles. The Kier molecular flexibility index (Phi) is 3.11. The van der Waals surface area contributed by atoms with E-state index in [4.69, 9.17) is 4.42 Å². The fourth-order valence-electron chi connectivity index (χ4n) is 0.738. The Balaban J connectivity index is 2.74. The molecule has 1 heterocycles. The molecule has 1 aromatic heterocycles. The maximum atomic E-state index is 5.33. The van der Waals surface area contributed by atoms with Crippen molar-refractivity contribution in [2.24, 2.45) is 5.92 Å². The van der Waals surface area contributed by atoms with Crippen molar-refractivity contribution in [3.63, 3.8) is 0 Å². The van der Waals surface area contributed by atoms with Crippen LogP contribution in [0.15, 0.2) is 9.64 Å². The molecule has 0 saturated carbocycles. The number of aromatic nitrogens is 2. The van der Waals surface area contributed by atoms with E-state index >= 15 is 0 Å². The first-order valence-electron chi connectivity index (χ1n) is 3.85. The summed E-state index contributed by atoms with van der Waals surface area (Å²) in [5.74, 6) is 1.06. The van der Waals surface area contributed by atoms with Crippen molar-refractivity contribution < 1.29 is 10.2 Å². The lowest BCUT2D eigenvalue weighted by atomic mass is 10.1. The molecule has 68 valence electrons. The second-order valence-corrected chi connectivity index (χ2v) is 3.72. The summed E-state index contributed by atoms with van der Waals surface area (Å²) in [6.45, 7) is 4.17. The SMILES string of the molecule is CSc1nnc([C@@H]([NH3+])C(C)C)o1. The largest absolute Gasteiger partial charge is 0.410 e. The second kappa shape index (κ2) is 3.91. The Morgan fingerprint density at radius 2 is 2.08 bits per heavy atom. The zero-order valence-corrected chi connectivity index (χ0v) is 8.39. The van der Waals surface area contributed by atoms with Crippen molar-refractivity contribution in [3.8, 4) is 0 Å². The first-order chi connectivity index (χ1) is 5.65. The summed E-state index contributed by atoms with van der Waals surface area (Å²) in [4.78, 5) is 0. The van der Waals surface area contributed by atoms with Gasteiger partial charge in [0.25, 0.3) is 11.1 Å². The van der Waals surface area contributed by atoms with E-state index in [2.05, 4.69) is 29.8 Å². The van der Waals surface area contributed by atoms with E-state index in [1.807, 2.05) is 6.26 Å². The third-order valence-electron chi connectivity index (χ3n) is 1.72. The van der Waals surface area contributed by atoms with Gasteiger partial charge in [0.2, 0.25) is 0 Å². The van der Waals surface area contributed by atoms with Gasteiger partial charge in [0.15, 0.2) is 6.04 Å². The Morgan fingerprint density at radius 1 is 1.42 bits per heavy atom. The molecule has 0 aromatic carbocycles. The number of thioether (sulfide) groups is 1. The molecule has 0 aliphatic rings. The Morgan fingerprint density at radius 3 is 2.50 bits per heavy atom. The van der Waals surface area contributed by atoms with Crippen molar-refractivity contribution in [1.82, 2.24) is 10.2 Å². The van der Waals surface area contributed by atoms with Crippen LogP contribution in [-0.2, 0) is 0 Å². The van der Waals surface area contributed by atoms with E-state index in [1.165, 1.54) is 11.8 Å². The molecule has 3 N–H and O–H groups in total. The lowest BCUT2D eigenvalue weighted by Crippen LogP contribution is -2.56. The molecule has 0 spiro atoms. The summed E-state index contributed by atoms with van der Waals surface area (Å²) in [6, 6.07) is 0.0957. The number of nitrogens with zero attached hydrogens (tertiary/aromatic N) is 2. The molecule has 0 aliphatic carbocycles. The Hall–Kier alpha value is -0.550. The molecule has 0 unspecified atom stereocenters. The summed E-state index contributed by atoms with van der Waals surface area (Å²) in [5.41, 5.74) is 3.95. The van der Waals surface area contributed by atoms with Crippen LogP contribution in [0.5, 0.6) is 0 Å². The molecule has 4 nitrogen and oxygen atoms in total. The minimum absolute atomic E-state index is 0.0957. The molecule has 0 radical (unpaired) electrons. The fraction of sp³-hybridized carbons (Fsp3) is 0.714. The molecule has 0 amide bonds. The van der Waals surface area contributed by atoms with E-state index in [9.17, 15) is 0 Å². The maximum Gasteiger partial charge on any atom is 0.276 e. The highest BCUT2D eigenvalue weighted by molar-refractivity contribution is 7.98. The zero-order chi connectivity index (χ0) is 9.14. The molecule has 1 atom stereocenters. The third-order valence-corrected chi connectivity index (χ3v) is 2.23. The predicted molar refractivity (Wildman–Crippen MR) is 46.5 cm³/mol. The quantitative estimate of drug-likeness (QED) is 0.710. The van der Waals surface area contributed by atoms with Crippen LogP contribution in [0.1, 0.15) is 25.8 Å². The van der Waals surface area contributed by atoms with Gasteiger partial charge in [-0.25, -0.2) is 0 Å². The molecule has 1 rings (SSSR count). The summed E-state index contributed by atoms with van der Waals surface area (Å²) >= 11 is 1.45. The van der Waals surface area contributed by atoms with Crippen LogP contribution in [-0.4, -0.2) is 16.5 Å². The third kappa shape index (κ3) is 1.98. The van der Waals surface area contributed by atoms with Crippen molar-refractivity contribution in [3.05, 3.63) is 5.89 Å².